The van der Waals surface area contributed by atoms with Crippen molar-refractivity contribution in [2.45, 2.75) is 57.2 Å². The van der Waals surface area contributed by atoms with E-state index in [0.29, 0.717) is 6.04 Å². The zero-order valence-electron chi connectivity index (χ0n) is 8.95. The minimum Gasteiger partial charge on any atom is -0.250 e. The third kappa shape index (κ3) is 3.29. The molecule has 1 rings (SSSR count). The molecule has 0 N–H and O–H groups in total. The van der Waals surface area contributed by atoms with Gasteiger partial charge in [-0.15, -0.1) is 0 Å². The zero-order valence-corrected chi connectivity index (χ0v) is 9.77. The van der Waals surface area contributed by atoms with Crippen molar-refractivity contribution in [3.8, 4) is 0 Å². The molecule has 1 atom stereocenters. The molecule has 0 aliphatic heterocycles. The SMILES string of the molecule is CC(C)[S@@](C)(=O)=NC1CCCCC1. The molecule has 13 heavy (non-hydrogen) atoms. The Morgan fingerprint density at radius 3 is 2.23 bits per heavy atom. The van der Waals surface area contributed by atoms with Crippen LogP contribution in [0.4, 0.5) is 0 Å². The first-order chi connectivity index (χ1) is 6.02. The first-order valence-corrected chi connectivity index (χ1v) is 7.21. The lowest BCUT2D eigenvalue weighted by atomic mass is 9.97. The van der Waals surface area contributed by atoms with Crippen LogP contribution in [-0.4, -0.2) is 21.8 Å². The monoisotopic (exact) mass is 203 g/mol. The normalized spacial score (nSPS) is 24.3. The van der Waals surface area contributed by atoms with Gasteiger partial charge in [-0.25, -0.2) is 8.57 Å². The number of nitrogens with zero attached hydrogens (tertiary/aromatic N) is 1. The fourth-order valence-corrected chi connectivity index (χ4v) is 2.65. The van der Waals surface area contributed by atoms with Crippen molar-refractivity contribution in [1.29, 1.82) is 0 Å². The van der Waals surface area contributed by atoms with Crippen LogP contribution in [0.25, 0.3) is 0 Å². The second-order valence-electron chi connectivity index (χ2n) is 4.31. The summed E-state index contributed by atoms with van der Waals surface area (Å²) in [6.07, 6.45) is 7.96. The van der Waals surface area contributed by atoms with Crippen molar-refractivity contribution in [1.82, 2.24) is 0 Å². The van der Waals surface area contributed by atoms with Crippen LogP contribution in [0.2, 0.25) is 0 Å². The minimum absolute atomic E-state index is 0.189. The second-order valence-corrected chi connectivity index (χ2v) is 7.18. The maximum absolute atomic E-state index is 12.0. The molecule has 0 aromatic rings. The first kappa shape index (κ1) is 11.0. The molecule has 0 bridgehead atoms. The average molecular weight is 203 g/mol. The number of rotatable bonds is 2. The van der Waals surface area contributed by atoms with Crippen LogP contribution >= 0.6 is 0 Å². The molecule has 0 saturated heterocycles. The largest absolute Gasteiger partial charge is 0.250 e. The average Bonchev–Trinajstić information content (AvgIpc) is 2.05. The van der Waals surface area contributed by atoms with Crippen molar-refractivity contribution in [3.05, 3.63) is 0 Å². The van der Waals surface area contributed by atoms with Gasteiger partial charge in [-0.2, -0.15) is 0 Å². The van der Waals surface area contributed by atoms with E-state index >= 15 is 0 Å². The van der Waals surface area contributed by atoms with E-state index in [2.05, 4.69) is 4.36 Å². The smallest absolute Gasteiger partial charge is 0.0594 e. The Morgan fingerprint density at radius 1 is 1.23 bits per heavy atom. The fraction of sp³-hybridized carbons (Fsp3) is 1.00. The fourth-order valence-electron chi connectivity index (χ4n) is 1.60. The molecule has 0 spiro atoms. The molecule has 1 saturated carbocycles. The molecule has 1 aliphatic rings. The van der Waals surface area contributed by atoms with Gasteiger partial charge in [-0.05, 0) is 12.8 Å². The van der Waals surface area contributed by atoms with Gasteiger partial charge in [0.05, 0.1) is 6.04 Å². The molecule has 0 amide bonds. The van der Waals surface area contributed by atoms with E-state index in [0.717, 1.165) is 12.8 Å². The molecular weight excluding hydrogens is 182 g/mol. The molecule has 2 nitrogen and oxygen atoms in total. The van der Waals surface area contributed by atoms with Gasteiger partial charge in [0.25, 0.3) is 0 Å². The van der Waals surface area contributed by atoms with Crippen LogP contribution in [0.5, 0.6) is 0 Å². The number of hydrogen-bond donors (Lipinski definition) is 0. The lowest BCUT2D eigenvalue weighted by Crippen LogP contribution is -2.17. The lowest BCUT2D eigenvalue weighted by Gasteiger charge is -2.19. The summed E-state index contributed by atoms with van der Waals surface area (Å²) in [5, 5.41) is 0.189. The van der Waals surface area contributed by atoms with E-state index in [1.165, 1.54) is 19.3 Å². The Kier molecular flexibility index (Phi) is 3.77. The van der Waals surface area contributed by atoms with Crippen LogP contribution < -0.4 is 0 Å². The van der Waals surface area contributed by atoms with Crippen LogP contribution in [0.3, 0.4) is 0 Å². The summed E-state index contributed by atoms with van der Waals surface area (Å²) in [6, 6.07) is 0.383. The highest BCUT2D eigenvalue weighted by Gasteiger charge is 2.15. The summed E-state index contributed by atoms with van der Waals surface area (Å²) in [5.74, 6) is 0. The minimum atomic E-state index is -1.92. The predicted molar refractivity (Wildman–Crippen MR) is 58.5 cm³/mol. The van der Waals surface area contributed by atoms with Gasteiger partial charge in [0.15, 0.2) is 0 Å². The second kappa shape index (κ2) is 4.45. The summed E-state index contributed by atoms with van der Waals surface area (Å²) in [7, 11) is -1.92. The van der Waals surface area contributed by atoms with Crippen LogP contribution in [0, 0.1) is 0 Å². The van der Waals surface area contributed by atoms with E-state index in [4.69, 9.17) is 0 Å². The highest BCUT2D eigenvalue weighted by molar-refractivity contribution is 7.93. The van der Waals surface area contributed by atoms with E-state index in [9.17, 15) is 4.21 Å². The lowest BCUT2D eigenvalue weighted by molar-refractivity contribution is 0.444. The van der Waals surface area contributed by atoms with Gasteiger partial charge in [0, 0.05) is 21.2 Å². The first-order valence-electron chi connectivity index (χ1n) is 5.22. The van der Waals surface area contributed by atoms with Gasteiger partial charge in [0.1, 0.15) is 0 Å². The van der Waals surface area contributed by atoms with E-state index < -0.39 is 9.73 Å². The summed E-state index contributed by atoms with van der Waals surface area (Å²) < 4.78 is 16.5. The van der Waals surface area contributed by atoms with E-state index in [-0.39, 0.29) is 5.25 Å². The van der Waals surface area contributed by atoms with Crippen LogP contribution in [-0.2, 0) is 9.73 Å². The van der Waals surface area contributed by atoms with Crippen molar-refractivity contribution in [2.24, 2.45) is 4.36 Å². The summed E-state index contributed by atoms with van der Waals surface area (Å²) in [4.78, 5) is 0. The maximum Gasteiger partial charge on any atom is 0.0594 e. The summed E-state index contributed by atoms with van der Waals surface area (Å²) in [6.45, 7) is 3.99. The van der Waals surface area contributed by atoms with E-state index in [1.54, 1.807) is 6.26 Å². The number of hydrogen-bond acceptors (Lipinski definition) is 2. The highest BCUT2D eigenvalue weighted by atomic mass is 32.2. The zero-order chi connectivity index (χ0) is 9.90. The molecule has 3 heteroatoms. The Morgan fingerprint density at radius 2 is 1.77 bits per heavy atom. The topological polar surface area (TPSA) is 29.4 Å². The molecule has 1 fully saturated rings. The standard InChI is InChI=1S/C10H21NOS/c1-9(2)13(3,12)11-10-7-5-4-6-8-10/h9-10H,4-8H2,1-3H3/t13-/m1/s1. The van der Waals surface area contributed by atoms with Crippen LogP contribution in [0.15, 0.2) is 4.36 Å². The van der Waals surface area contributed by atoms with Crippen LogP contribution in [0.1, 0.15) is 46.0 Å². The van der Waals surface area contributed by atoms with Crippen molar-refractivity contribution in [3.63, 3.8) is 0 Å². The van der Waals surface area contributed by atoms with Gasteiger partial charge >= 0.3 is 0 Å². The van der Waals surface area contributed by atoms with Gasteiger partial charge in [-0.3, -0.25) is 0 Å². The van der Waals surface area contributed by atoms with Crippen molar-refractivity contribution >= 4 is 9.73 Å². The third-order valence-electron chi connectivity index (χ3n) is 2.81. The Labute approximate surface area is 82.3 Å². The molecule has 78 valence electrons. The van der Waals surface area contributed by atoms with E-state index in [1.807, 2.05) is 13.8 Å². The van der Waals surface area contributed by atoms with Crippen molar-refractivity contribution < 1.29 is 4.21 Å². The highest BCUT2D eigenvalue weighted by Crippen LogP contribution is 2.22. The predicted octanol–water partition coefficient (Wildman–Crippen LogP) is 2.83. The molecule has 0 heterocycles. The summed E-state index contributed by atoms with van der Waals surface area (Å²) >= 11 is 0. The molecular formula is C10H21NOS. The Balaban J connectivity index is 2.67. The van der Waals surface area contributed by atoms with Gasteiger partial charge in [-0.1, -0.05) is 33.1 Å². The molecule has 0 unspecified atom stereocenters. The van der Waals surface area contributed by atoms with Gasteiger partial charge < -0.3 is 0 Å². The molecule has 0 aromatic heterocycles. The molecule has 1 aliphatic carbocycles. The van der Waals surface area contributed by atoms with Crippen molar-refractivity contribution in [2.75, 3.05) is 6.26 Å². The summed E-state index contributed by atoms with van der Waals surface area (Å²) in [5.41, 5.74) is 0. The Bertz CT molecular complexity index is 258. The molecule has 0 radical (unpaired) electrons. The maximum atomic E-state index is 12.0. The molecule has 0 aromatic carbocycles. The van der Waals surface area contributed by atoms with Gasteiger partial charge in [0.2, 0.25) is 0 Å². The third-order valence-corrected chi connectivity index (χ3v) is 5.27. The Hall–Kier alpha value is -0.0500. The quantitative estimate of drug-likeness (QED) is 0.678.